The van der Waals surface area contributed by atoms with Gasteiger partial charge in [-0.05, 0) is 44.7 Å². The molecule has 0 amide bonds. The average molecular weight is 262 g/mol. The van der Waals surface area contributed by atoms with Crippen molar-refractivity contribution in [1.82, 2.24) is 9.62 Å². The molecule has 0 saturated carbocycles. The maximum atomic E-state index is 12.4. The summed E-state index contributed by atoms with van der Waals surface area (Å²) in [5, 5.41) is 12.0. The molecular weight excluding hydrogens is 240 g/mol. The minimum absolute atomic E-state index is 0.182. The molecule has 0 aliphatic carbocycles. The topological polar surface area (TPSA) is 69.6 Å². The SMILES string of the molecule is O=S(=O)(C1CCNCC1)N1CCC(CO)CC1. The van der Waals surface area contributed by atoms with Crippen LogP contribution in [0, 0.1) is 5.92 Å². The Morgan fingerprint density at radius 3 is 2.24 bits per heavy atom. The lowest BCUT2D eigenvalue weighted by Crippen LogP contribution is -2.47. The van der Waals surface area contributed by atoms with Crippen LogP contribution in [0.15, 0.2) is 0 Å². The van der Waals surface area contributed by atoms with Crippen molar-refractivity contribution in [3.05, 3.63) is 0 Å². The fraction of sp³-hybridized carbons (Fsp3) is 1.00. The van der Waals surface area contributed by atoms with Crippen molar-refractivity contribution in [2.24, 2.45) is 5.92 Å². The van der Waals surface area contributed by atoms with Crippen LogP contribution in [-0.4, -0.2) is 55.9 Å². The molecule has 5 nitrogen and oxygen atoms in total. The van der Waals surface area contributed by atoms with Gasteiger partial charge < -0.3 is 10.4 Å². The summed E-state index contributed by atoms with van der Waals surface area (Å²) in [7, 11) is -3.11. The van der Waals surface area contributed by atoms with Gasteiger partial charge in [-0.15, -0.1) is 0 Å². The predicted molar refractivity (Wildman–Crippen MR) is 66.2 cm³/mol. The lowest BCUT2D eigenvalue weighted by Gasteiger charge is -2.34. The highest BCUT2D eigenvalue weighted by Crippen LogP contribution is 2.24. The molecule has 6 heteroatoms. The summed E-state index contributed by atoms with van der Waals surface area (Å²) in [6.45, 7) is 2.95. The van der Waals surface area contributed by atoms with Crippen LogP contribution < -0.4 is 5.32 Å². The van der Waals surface area contributed by atoms with Crippen LogP contribution in [0.25, 0.3) is 0 Å². The summed E-state index contributed by atoms with van der Waals surface area (Å²) in [4.78, 5) is 0. The van der Waals surface area contributed by atoms with E-state index in [1.54, 1.807) is 4.31 Å². The molecular formula is C11H22N2O3S. The van der Waals surface area contributed by atoms with Gasteiger partial charge in [-0.25, -0.2) is 12.7 Å². The van der Waals surface area contributed by atoms with Gasteiger partial charge in [-0.2, -0.15) is 0 Å². The van der Waals surface area contributed by atoms with E-state index in [-0.39, 0.29) is 17.8 Å². The molecule has 0 aromatic rings. The van der Waals surface area contributed by atoms with Gasteiger partial charge in [0.15, 0.2) is 0 Å². The Balaban J connectivity index is 1.96. The molecule has 0 aromatic carbocycles. The van der Waals surface area contributed by atoms with E-state index in [0.717, 1.165) is 38.8 Å². The van der Waals surface area contributed by atoms with E-state index in [1.165, 1.54) is 0 Å². The van der Waals surface area contributed by atoms with E-state index in [4.69, 9.17) is 5.11 Å². The number of aliphatic hydroxyl groups is 1. The van der Waals surface area contributed by atoms with Gasteiger partial charge in [0.05, 0.1) is 5.25 Å². The number of hydrogen-bond acceptors (Lipinski definition) is 4. The first-order valence-electron chi connectivity index (χ1n) is 6.45. The quantitative estimate of drug-likeness (QED) is 0.737. The number of piperidine rings is 2. The Bertz CT molecular complexity index is 331. The molecule has 0 bridgehead atoms. The van der Waals surface area contributed by atoms with Gasteiger partial charge in [-0.1, -0.05) is 0 Å². The highest BCUT2D eigenvalue weighted by atomic mass is 32.2. The zero-order valence-electron chi connectivity index (χ0n) is 10.1. The lowest BCUT2D eigenvalue weighted by atomic mass is 10.00. The molecule has 0 aromatic heterocycles. The zero-order valence-corrected chi connectivity index (χ0v) is 11.0. The third-order valence-electron chi connectivity index (χ3n) is 3.90. The van der Waals surface area contributed by atoms with Crippen LogP contribution in [0.2, 0.25) is 0 Å². The smallest absolute Gasteiger partial charge is 0.217 e. The second kappa shape index (κ2) is 5.65. The van der Waals surface area contributed by atoms with Gasteiger partial charge in [0.25, 0.3) is 0 Å². The van der Waals surface area contributed by atoms with Crippen molar-refractivity contribution in [3.8, 4) is 0 Å². The van der Waals surface area contributed by atoms with E-state index in [1.807, 2.05) is 0 Å². The van der Waals surface area contributed by atoms with Gasteiger partial charge in [0, 0.05) is 19.7 Å². The van der Waals surface area contributed by atoms with Gasteiger partial charge in [-0.3, -0.25) is 0 Å². The molecule has 0 spiro atoms. The minimum atomic E-state index is -3.11. The second-order valence-electron chi connectivity index (χ2n) is 5.02. The van der Waals surface area contributed by atoms with Crippen LogP contribution in [0.4, 0.5) is 0 Å². The molecule has 0 unspecified atom stereocenters. The molecule has 2 fully saturated rings. The number of nitrogens with zero attached hydrogens (tertiary/aromatic N) is 1. The van der Waals surface area contributed by atoms with Crippen molar-refractivity contribution in [3.63, 3.8) is 0 Å². The third-order valence-corrected chi connectivity index (χ3v) is 6.30. The Kier molecular flexibility index (Phi) is 4.41. The Morgan fingerprint density at radius 2 is 1.71 bits per heavy atom. The van der Waals surface area contributed by atoms with E-state index < -0.39 is 10.0 Å². The van der Waals surface area contributed by atoms with Crippen LogP contribution in [-0.2, 0) is 10.0 Å². The number of sulfonamides is 1. The number of aliphatic hydroxyl groups excluding tert-OH is 1. The van der Waals surface area contributed by atoms with Gasteiger partial charge in [0.1, 0.15) is 0 Å². The summed E-state index contributed by atoms with van der Waals surface area (Å²) >= 11 is 0. The fourth-order valence-electron chi connectivity index (χ4n) is 2.65. The summed E-state index contributed by atoms with van der Waals surface area (Å²) in [6.07, 6.45) is 3.03. The maximum absolute atomic E-state index is 12.4. The molecule has 2 saturated heterocycles. The molecule has 2 heterocycles. The van der Waals surface area contributed by atoms with Crippen molar-refractivity contribution in [1.29, 1.82) is 0 Å². The normalized spacial score (nSPS) is 26.2. The van der Waals surface area contributed by atoms with Crippen molar-refractivity contribution < 1.29 is 13.5 Å². The highest BCUT2D eigenvalue weighted by molar-refractivity contribution is 7.89. The van der Waals surface area contributed by atoms with Crippen LogP contribution in [0.3, 0.4) is 0 Å². The molecule has 100 valence electrons. The summed E-state index contributed by atoms with van der Waals surface area (Å²) in [5.74, 6) is 0.287. The molecule has 17 heavy (non-hydrogen) atoms. The first-order chi connectivity index (χ1) is 8.14. The summed E-state index contributed by atoms with van der Waals surface area (Å²) < 4.78 is 26.4. The minimum Gasteiger partial charge on any atom is -0.396 e. The summed E-state index contributed by atoms with van der Waals surface area (Å²) in [5.41, 5.74) is 0. The van der Waals surface area contributed by atoms with Gasteiger partial charge >= 0.3 is 0 Å². The number of nitrogens with one attached hydrogen (secondary N) is 1. The van der Waals surface area contributed by atoms with Crippen molar-refractivity contribution in [2.45, 2.75) is 30.9 Å². The fourth-order valence-corrected chi connectivity index (χ4v) is 4.62. The monoisotopic (exact) mass is 262 g/mol. The highest BCUT2D eigenvalue weighted by Gasteiger charge is 2.34. The molecule has 2 aliphatic rings. The predicted octanol–water partition coefficient (Wildman–Crippen LogP) is -0.227. The van der Waals surface area contributed by atoms with Crippen molar-refractivity contribution in [2.75, 3.05) is 32.8 Å². The Hall–Kier alpha value is -0.170. The third kappa shape index (κ3) is 2.99. The zero-order chi connectivity index (χ0) is 12.3. The lowest BCUT2D eigenvalue weighted by molar-refractivity contribution is 0.169. The van der Waals surface area contributed by atoms with E-state index >= 15 is 0 Å². The standard InChI is InChI=1S/C11H22N2O3S/c14-9-10-3-7-13(8-4-10)17(15,16)11-1-5-12-6-2-11/h10-12,14H,1-9H2. The Morgan fingerprint density at radius 1 is 1.12 bits per heavy atom. The first-order valence-corrected chi connectivity index (χ1v) is 7.95. The van der Waals surface area contributed by atoms with E-state index in [9.17, 15) is 8.42 Å². The molecule has 2 aliphatic heterocycles. The number of rotatable bonds is 3. The molecule has 0 radical (unpaired) electrons. The van der Waals surface area contributed by atoms with Crippen LogP contribution in [0.1, 0.15) is 25.7 Å². The average Bonchev–Trinajstić information content (AvgIpc) is 2.40. The first kappa shape index (κ1) is 13.3. The largest absolute Gasteiger partial charge is 0.396 e. The van der Waals surface area contributed by atoms with Crippen LogP contribution >= 0.6 is 0 Å². The van der Waals surface area contributed by atoms with E-state index in [2.05, 4.69) is 5.32 Å². The summed E-state index contributed by atoms with van der Waals surface area (Å²) in [6, 6.07) is 0. The number of hydrogen-bond donors (Lipinski definition) is 2. The van der Waals surface area contributed by atoms with Gasteiger partial charge in [0.2, 0.25) is 10.0 Å². The van der Waals surface area contributed by atoms with E-state index in [0.29, 0.717) is 13.1 Å². The second-order valence-corrected chi connectivity index (χ2v) is 7.23. The molecule has 2 rings (SSSR count). The molecule has 0 atom stereocenters. The maximum Gasteiger partial charge on any atom is 0.217 e. The van der Waals surface area contributed by atoms with Crippen molar-refractivity contribution >= 4 is 10.0 Å². The molecule has 2 N–H and O–H groups in total. The van der Waals surface area contributed by atoms with Crippen LogP contribution in [0.5, 0.6) is 0 Å². The Labute approximate surface area is 103 Å².